The second-order valence-electron chi connectivity index (χ2n) is 6.60. The maximum atomic E-state index is 14.2. The Hall–Kier alpha value is -3.46. The highest BCUT2D eigenvalue weighted by Crippen LogP contribution is 2.29. The normalized spacial score (nSPS) is 14.3. The van der Waals surface area contributed by atoms with E-state index >= 15 is 0 Å². The summed E-state index contributed by atoms with van der Waals surface area (Å²) in [7, 11) is 3.22. The zero-order valence-electron chi connectivity index (χ0n) is 16.8. The SMILES string of the molecule is COc1ccc2ccc(OC)c(C=NNc3ncc(F)c(N4CCOCC4)n3)c2c1. The molecule has 0 unspecified atom stereocenters. The molecule has 1 aliphatic rings. The van der Waals surface area contributed by atoms with Gasteiger partial charge in [-0.25, -0.2) is 14.8 Å². The molecule has 9 heteroatoms. The van der Waals surface area contributed by atoms with E-state index in [9.17, 15) is 4.39 Å². The van der Waals surface area contributed by atoms with Crippen LogP contribution in [0, 0.1) is 5.82 Å². The second kappa shape index (κ2) is 8.91. The number of hydrogen-bond acceptors (Lipinski definition) is 8. The predicted octanol–water partition coefficient (Wildman–Crippen LogP) is 3.07. The van der Waals surface area contributed by atoms with Gasteiger partial charge in [0.2, 0.25) is 5.95 Å². The Kier molecular flexibility index (Phi) is 5.89. The zero-order chi connectivity index (χ0) is 20.9. The number of aromatic nitrogens is 2. The molecule has 0 bridgehead atoms. The van der Waals surface area contributed by atoms with Gasteiger partial charge in [-0.2, -0.15) is 10.1 Å². The van der Waals surface area contributed by atoms with E-state index in [1.165, 1.54) is 0 Å². The Labute approximate surface area is 173 Å². The van der Waals surface area contributed by atoms with Crippen molar-refractivity contribution in [2.45, 2.75) is 0 Å². The fraction of sp³-hybridized carbons (Fsp3) is 0.286. The van der Waals surface area contributed by atoms with Gasteiger partial charge in [0.25, 0.3) is 0 Å². The number of nitrogens with one attached hydrogen (secondary N) is 1. The van der Waals surface area contributed by atoms with Gasteiger partial charge in [0.1, 0.15) is 11.5 Å². The van der Waals surface area contributed by atoms with Gasteiger partial charge in [0.15, 0.2) is 11.6 Å². The minimum Gasteiger partial charge on any atom is -0.497 e. The van der Waals surface area contributed by atoms with Crippen LogP contribution in [0.25, 0.3) is 10.8 Å². The molecule has 8 nitrogen and oxygen atoms in total. The van der Waals surface area contributed by atoms with Crippen molar-refractivity contribution in [1.82, 2.24) is 9.97 Å². The van der Waals surface area contributed by atoms with Gasteiger partial charge in [-0.15, -0.1) is 0 Å². The standard InChI is InChI=1S/C21H22FN5O3/c1-28-15-5-3-14-4-6-19(29-2)17(16(14)11-15)12-24-26-21-23-13-18(22)20(25-21)27-7-9-30-10-8-27/h3-6,11-13H,7-10H2,1-2H3,(H,23,25,26). The van der Waals surface area contributed by atoms with E-state index in [4.69, 9.17) is 14.2 Å². The number of hydrogen-bond donors (Lipinski definition) is 1. The van der Waals surface area contributed by atoms with Crippen LogP contribution >= 0.6 is 0 Å². The molecule has 1 aromatic heterocycles. The molecule has 4 rings (SSSR count). The maximum Gasteiger partial charge on any atom is 0.245 e. The topological polar surface area (TPSA) is 81.1 Å². The Morgan fingerprint density at radius 2 is 1.97 bits per heavy atom. The number of anilines is 2. The Bertz CT molecular complexity index is 1060. The summed E-state index contributed by atoms with van der Waals surface area (Å²) in [6, 6.07) is 9.63. The summed E-state index contributed by atoms with van der Waals surface area (Å²) in [5.41, 5.74) is 3.56. The zero-order valence-corrected chi connectivity index (χ0v) is 16.8. The van der Waals surface area contributed by atoms with Crippen molar-refractivity contribution in [3.8, 4) is 11.5 Å². The molecule has 1 N–H and O–H groups in total. The molecule has 156 valence electrons. The Morgan fingerprint density at radius 1 is 1.17 bits per heavy atom. The Balaban J connectivity index is 1.61. The van der Waals surface area contributed by atoms with Crippen LogP contribution in [0.2, 0.25) is 0 Å². The Morgan fingerprint density at radius 3 is 2.73 bits per heavy atom. The van der Waals surface area contributed by atoms with E-state index < -0.39 is 5.82 Å². The van der Waals surface area contributed by atoms with Gasteiger partial charge < -0.3 is 19.1 Å². The summed E-state index contributed by atoms with van der Waals surface area (Å²) in [4.78, 5) is 10.1. The number of hydrazone groups is 1. The van der Waals surface area contributed by atoms with E-state index in [1.54, 1.807) is 20.4 Å². The molecule has 0 aliphatic carbocycles. The van der Waals surface area contributed by atoms with Crippen molar-refractivity contribution in [2.24, 2.45) is 5.10 Å². The molecule has 2 heterocycles. The van der Waals surface area contributed by atoms with Crippen LogP contribution < -0.4 is 19.8 Å². The van der Waals surface area contributed by atoms with Crippen molar-refractivity contribution < 1.29 is 18.6 Å². The number of fused-ring (bicyclic) bond motifs is 1. The quantitative estimate of drug-likeness (QED) is 0.493. The van der Waals surface area contributed by atoms with Gasteiger partial charge in [0.05, 0.1) is 39.8 Å². The summed E-state index contributed by atoms with van der Waals surface area (Å²) in [5, 5.41) is 6.20. The van der Waals surface area contributed by atoms with Crippen LogP contribution in [0.5, 0.6) is 11.5 Å². The lowest BCUT2D eigenvalue weighted by Gasteiger charge is -2.27. The fourth-order valence-electron chi connectivity index (χ4n) is 3.30. The molecule has 0 amide bonds. The third-order valence-electron chi connectivity index (χ3n) is 4.84. The van der Waals surface area contributed by atoms with Crippen LogP contribution in [0.3, 0.4) is 0 Å². The van der Waals surface area contributed by atoms with Crippen LogP contribution in [-0.4, -0.2) is 56.7 Å². The summed E-state index contributed by atoms with van der Waals surface area (Å²) >= 11 is 0. The predicted molar refractivity (Wildman–Crippen MR) is 113 cm³/mol. The molecule has 0 radical (unpaired) electrons. The first-order valence-electron chi connectivity index (χ1n) is 9.48. The van der Waals surface area contributed by atoms with E-state index in [0.29, 0.717) is 32.1 Å². The highest BCUT2D eigenvalue weighted by atomic mass is 19.1. The summed E-state index contributed by atoms with van der Waals surface area (Å²) in [6.07, 6.45) is 2.76. The number of morpholine rings is 1. The van der Waals surface area contributed by atoms with Gasteiger partial charge in [-0.3, -0.25) is 0 Å². The van der Waals surface area contributed by atoms with Crippen LogP contribution in [-0.2, 0) is 4.74 Å². The van der Waals surface area contributed by atoms with Crippen molar-refractivity contribution >= 4 is 28.8 Å². The first-order chi connectivity index (χ1) is 14.7. The lowest BCUT2D eigenvalue weighted by Crippen LogP contribution is -2.37. The fourth-order valence-corrected chi connectivity index (χ4v) is 3.30. The van der Waals surface area contributed by atoms with Crippen LogP contribution in [0.1, 0.15) is 5.56 Å². The van der Waals surface area contributed by atoms with Crippen molar-refractivity contribution in [3.05, 3.63) is 47.9 Å². The third kappa shape index (κ3) is 4.11. The number of nitrogens with zero attached hydrogens (tertiary/aromatic N) is 4. The number of halogens is 1. The second-order valence-corrected chi connectivity index (χ2v) is 6.60. The van der Waals surface area contributed by atoms with E-state index in [2.05, 4.69) is 20.5 Å². The minimum atomic E-state index is -0.478. The first-order valence-corrected chi connectivity index (χ1v) is 9.48. The summed E-state index contributed by atoms with van der Waals surface area (Å²) < 4.78 is 30.3. The molecule has 0 spiro atoms. The minimum absolute atomic E-state index is 0.200. The average molecular weight is 411 g/mol. The molecular formula is C21H22FN5O3. The molecule has 30 heavy (non-hydrogen) atoms. The lowest BCUT2D eigenvalue weighted by molar-refractivity contribution is 0.122. The highest BCUT2D eigenvalue weighted by Gasteiger charge is 2.17. The molecule has 0 saturated carbocycles. The van der Waals surface area contributed by atoms with Crippen molar-refractivity contribution in [1.29, 1.82) is 0 Å². The first kappa shape index (κ1) is 19.8. The molecule has 3 aromatic rings. The molecular weight excluding hydrogens is 389 g/mol. The lowest BCUT2D eigenvalue weighted by atomic mass is 10.0. The third-order valence-corrected chi connectivity index (χ3v) is 4.84. The number of methoxy groups -OCH3 is 2. The largest absolute Gasteiger partial charge is 0.497 e. The van der Waals surface area contributed by atoms with Gasteiger partial charge in [-0.1, -0.05) is 12.1 Å². The molecule has 0 atom stereocenters. The highest BCUT2D eigenvalue weighted by molar-refractivity contribution is 6.03. The van der Waals surface area contributed by atoms with Gasteiger partial charge in [0, 0.05) is 18.7 Å². The van der Waals surface area contributed by atoms with E-state index in [1.807, 2.05) is 35.2 Å². The maximum absolute atomic E-state index is 14.2. The number of ether oxygens (including phenoxy) is 3. The van der Waals surface area contributed by atoms with E-state index in [-0.39, 0.29) is 11.8 Å². The van der Waals surface area contributed by atoms with Crippen molar-refractivity contribution in [3.63, 3.8) is 0 Å². The smallest absolute Gasteiger partial charge is 0.245 e. The van der Waals surface area contributed by atoms with E-state index in [0.717, 1.165) is 28.3 Å². The summed E-state index contributed by atoms with van der Waals surface area (Å²) in [6.45, 7) is 2.22. The molecule has 1 fully saturated rings. The number of rotatable bonds is 6. The number of benzene rings is 2. The van der Waals surface area contributed by atoms with Gasteiger partial charge in [-0.05, 0) is 29.0 Å². The molecule has 1 aliphatic heterocycles. The van der Waals surface area contributed by atoms with Crippen LogP contribution in [0.15, 0.2) is 41.6 Å². The molecule has 2 aromatic carbocycles. The van der Waals surface area contributed by atoms with Gasteiger partial charge >= 0.3 is 0 Å². The summed E-state index contributed by atoms with van der Waals surface area (Å²) in [5.74, 6) is 1.35. The van der Waals surface area contributed by atoms with Crippen LogP contribution in [0.4, 0.5) is 16.2 Å². The average Bonchev–Trinajstić information content (AvgIpc) is 2.80. The van der Waals surface area contributed by atoms with Crippen molar-refractivity contribution in [2.75, 3.05) is 50.8 Å². The monoisotopic (exact) mass is 411 g/mol. The molecule has 1 saturated heterocycles.